The Morgan fingerprint density at radius 1 is 1.33 bits per heavy atom. The molecule has 0 saturated heterocycles. The van der Waals surface area contributed by atoms with Crippen LogP contribution in [0.5, 0.6) is 0 Å². The molecule has 0 atom stereocenters. The van der Waals surface area contributed by atoms with Gasteiger partial charge in [0, 0.05) is 16.3 Å². The maximum Gasteiger partial charge on any atom is 0.124 e. The molecule has 0 aliphatic carbocycles. The molecule has 15 heavy (non-hydrogen) atoms. The maximum atomic E-state index is 4.66. The average Bonchev–Trinajstić information content (AvgIpc) is 2.88. The molecule has 2 aromatic heterocycles. The second-order valence-electron chi connectivity index (χ2n) is 3.92. The van der Waals surface area contributed by atoms with Gasteiger partial charge in [-0.25, -0.2) is 4.98 Å². The molecular weight excluding hydrogens is 224 g/mol. The molecule has 0 fully saturated rings. The number of thiophene rings is 1. The van der Waals surface area contributed by atoms with Gasteiger partial charge in [0.25, 0.3) is 0 Å². The number of aromatic nitrogens is 1. The summed E-state index contributed by atoms with van der Waals surface area (Å²) in [5.74, 6) is 0. The van der Waals surface area contributed by atoms with Crippen LogP contribution in [0.4, 0.5) is 0 Å². The van der Waals surface area contributed by atoms with Gasteiger partial charge in [-0.3, -0.25) is 0 Å². The molecule has 0 radical (unpaired) electrons. The van der Waals surface area contributed by atoms with Crippen LogP contribution in [0.2, 0.25) is 0 Å². The van der Waals surface area contributed by atoms with Crippen molar-refractivity contribution in [3.05, 3.63) is 27.9 Å². The molecule has 0 aromatic carbocycles. The van der Waals surface area contributed by atoms with Gasteiger partial charge in [0.1, 0.15) is 5.01 Å². The summed E-state index contributed by atoms with van der Waals surface area (Å²) < 4.78 is 0. The maximum absolute atomic E-state index is 4.66. The summed E-state index contributed by atoms with van der Waals surface area (Å²) in [7, 11) is 1.96. The number of hydrogen-bond donors (Lipinski definition) is 1. The van der Waals surface area contributed by atoms with Crippen molar-refractivity contribution in [2.75, 3.05) is 7.05 Å². The van der Waals surface area contributed by atoms with Crippen molar-refractivity contribution in [3.63, 3.8) is 0 Å². The number of hydrogen-bond acceptors (Lipinski definition) is 4. The molecule has 0 spiro atoms. The fourth-order valence-electron chi connectivity index (χ4n) is 1.21. The van der Waals surface area contributed by atoms with Crippen LogP contribution in [0.25, 0.3) is 10.6 Å². The Kier molecular flexibility index (Phi) is 2.91. The molecule has 80 valence electrons. The highest BCUT2D eigenvalue weighted by molar-refractivity contribution is 7.14. The Bertz CT molecular complexity index is 429. The third-order valence-corrected chi connectivity index (χ3v) is 4.11. The SMILES string of the molecule is CNC(C)(C)c1csc(-c2ccsc2)n1. The molecule has 0 aliphatic heterocycles. The van der Waals surface area contributed by atoms with Crippen LogP contribution in [0.15, 0.2) is 22.2 Å². The molecule has 0 saturated carbocycles. The summed E-state index contributed by atoms with van der Waals surface area (Å²) in [5, 5.41) is 10.7. The lowest BCUT2D eigenvalue weighted by atomic mass is 10.0. The quantitative estimate of drug-likeness (QED) is 0.887. The summed E-state index contributed by atoms with van der Waals surface area (Å²) in [6, 6.07) is 2.11. The Balaban J connectivity index is 2.33. The van der Waals surface area contributed by atoms with Gasteiger partial charge in [-0.05, 0) is 32.3 Å². The normalized spacial score (nSPS) is 11.9. The third kappa shape index (κ3) is 2.12. The van der Waals surface area contributed by atoms with Crippen LogP contribution in [0, 0.1) is 0 Å². The monoisotopic (exact) mass is 238 g/mol. The molecule has 0 bridgehead atoms. The van der Waals surface area contributed by atoms with E-state index in [-0.39, 0.29) is 5.54 Å². The first-order valence-corrected chi connectivity index (χ1v) is 6.63. The Hall–Kier alpha value is -0.710. The molecule has 0 unspecified atom stereocenters. The minimum atomic E-state index is -0.0508. The molecule has 2 aromatic rings. The zero-order valence-corrected chi connectivity index (χ0v) is 10.7. The first-order chi connectivity index (χ1) is 7.13. The van der Waals surface area contributed by atoms with E-state index >= 15 is 0 Å². The smallest absolute Gasteiger partial charge is 0.124 e. The summed E-state index contributed by atoms with van der Waals surface area (Å²) in [6.07, 6.45) is 0. The van der Waals surface area contributed by atoms with E-state index in [1.807, 2.05) is 7.05 Å². The minimum Gasteiger partial charge on any atom is -0.310 e. The predicted octanol–water partition coefficient (Wildman–Crippen LogP) is 3.33. The van der Waals surface area contributed by atoms with E-state index < -0.39 is 0 Å². The summed E-state index contributed by atoms with van der Waals surface area (Å²) in [4.78, 5) is 4.66. The van der Waals surface area contributed by atoms with Gasteiger partial charge in [0.15, 0.2) is 0 Å². The highest BCUT2D eigenvalue weighted by Crippen LogP contribution is 2.29. The molecular formula is C11H14N2S2. The second-order valence-corrected chi connectivity index (χ2v) is 5.56. The second kappa shape index (κ2) is 4.04. The fraction of sp³-hybridized carbons (Fsp3) is 0.364. The van der Waals surface area contributed by atoms with Crippen LogP contribution >= 0.6 is 22.7 Å². The van der Waals surface area contributed by atoms with E-state index in [4.69, 9.17) is 0 Å². The first-order valence-electron chi connectivity index (χ1n) is 4.81. The van der Waals surface area contributed by atoms with Gasteiger partial charge in [-0.1, -0.05) is 0 Å². The lowest BCUT2D eigenvalue weighted by Gasteiger charge is -2.21. The molecule has 2 rings (SSSR count). The van der Waals surface area contributed by atoms with Crippen LogP contribution in [-0.2, 0) is 5.54 Å². The van der Waals surface area contributed by atoms with E-state index in [0.717, 1.165) is 10.7 Å². The summed E-state index contributed by atoms with van der Waals surface area (Å²) in [5.41, 5.74) is 2.28. The van der Waals surface area contributed by atoms with Crippen molar-refractivity contribution >= 4 is 22.7 Å². The number of nitrogens with one attached hydrogen (secondary N) is 1. The van der Waals surface area contributed by atoms with Gasteiger partial charge >= 0.3 is 0 Å². The van der Waals surface area contributed by atoms with Crippen molar-refractivity contribution < 1.29 is 0 Å². The highest BCUT2D eigenvalue weighted by atomic mass is 32.1. The molecule has 0 amide bonds. The molecule has 4 heteroatoms. The van der Waals surface area contributed by atoms with Crippen LogP contribution in [-0.4, -0.2) is 12.0 Å². The molecule has 0 aliphatic rings. The van der Waals surface area contributed by atoms with E-state index in [0.29, 0.717) is 0 Å². The number of thiazole rings is 1. The highest BCUT2D eigenvalue weighted by Gasteiger charge is 2.21. The number of nitrogens with zero attached hydrogens (tertiary/aromatic N) is 1. The predicted molar refractivity (Wildman–Crippen MR) is 67.5 cm³/mol. The fourth-order valence-corrected chi connectivity index (χ4v) is 2.91. The van der Waals surface area contributed by atoms with E-state index in [2.05, 4.69) is 46.4 Å². The minimum absolute atomic E-state index is 0.0508. The van der Waals surface area contributed by atoms with Gasteiger partial charge < -0.3 is 5.32 Å². The summed E-state index contributed by atoms with van der Waals surface area (Å²) >= 11 is 3.41. The van der Waals surface area contributed by atoms with E-state index in [9.17, 15) is 0 Å². The standard InChI is InChI=1S/C11H14N2S2/c1-11(2,12-3)9-7-15-10(13-9)8-4-5-14-6-8/h4-7,12H,1-3H3. The number of rotatable bonds is 3. The lowest BCUT2D eigenvalue weighted by Crippen LogP contribution is -2.33. The molecule has 1 N–H and O–H groups in total. The Labute approximate surface area is 98.0 Å². The molecule has 2 nitrogen and oxygen atoms in total. The Morgan fingerprint density at radius 2 is 2.13 bits per heavy atom. The van der Waals surface area contributed by atoms with E-state index in [1.54, 1.807) is 22.7 Å². The van der Waals surface area contributed by atoms with Crippen molar-refractivity contribution in [1.82, 2.24) is 10.3 Å². The van der Waals surface area contributed by atoms with Crippen LogP contribution in [0.3, 0.4) is 0 Å². The summed E-state index contributed by atoms with van der Waals surface area (Å²) in [6.45, 7) is 4.28. The van der Waals surface area contributed by atoms with Crippen molar-refractivity contribution in [3.8, 4) is 10.6 Å². The van der Waals surface area contributed by atoms with Crippen molar-refractivity contribution in [1.29, 1.82) is 0 Å². The van der Waals surface area contributed by atoms with Gasteiger partial charge in [0.05, 0.1) is 11.2 Å². The van der Waals surface area contributed by atoms with Crippen LogP contribution in [0.1, 0.15) is 19.5 Å². The van der Waals surface area contributed by atoms with Crippen molar-refractivity contribution in [2.24, 2.45) is 0 Å². The largest absolute Gasteiger partial charge is 0.310 e. The van der Waals surface area contributed by atoms with E-state index in [1.165, 1.54) is 5.56 Å². The topological polar surface area (TPSA) is 24.9 Å². The van der Waals surface area contributed by atoms with Gasteiger partial charge in [-0.2, -0.15) is 11.3 Å². The Morgan fingerprint density at radius 3 is 2.73 bits per heavy atom. The lowest BCUT2D eigenvalue weighted by molar-refractivity contribution is 0.434. The van der Waals surface area contributed by atoms with Gasteiger partial charge in [0.2, 0.25) is 0 Å². The molecule has 2 heterocycles. The first kappa shape index (κ1) is 10.8. The van der Waals surface area contributed by atoms with Gasteiger partial charge in [-0.15, -0.1) is 11.3 Å². The van der Waals surface area contributed by atoms with Crippen molar-refractivity contribution in [2.45, 2.75) is 19.4 Å². The zero-order valence-electron chi connectivity index (χ0n) is 9.07. The average molecular weight is 238 g/mol. The van der Waals surface area contributed by atoms with Crippen LogP contribution < -0.4 is 5.32 Å². The zero-order chi connectivity index (χ0) is 10.9. The third-order valence-electron chi connectivity index (χ3n) is 2.54.